The van der Waals surface area contributed by atoms with Crippen LogP contribution in [0.1, 0.15) is 32.6 Å². The van der Waals surface area contributed by atoms with Crippen molar-refractivity contribution >= 4 is 46.6 Å². The van der Waals surface area contributed by atoms with Crippen LogP contribution in [-0.4, -0.2) is 29.1 Å². The lowest BCUT2D eigenvalue weighted by molar-refractivity contribution is 0.763. The highest BCUT2D eigenvalue weighted by Gasteiger charge is 2.27. The molecule has 112 valence electrons. The van der Waals surface area contributed by atoms with Crippen molar-refractivity contribution in [3.63, 3.8) is 0 Å². The maximum atomic E-state index is 6.26. The third kappa shape index (κ3) is 3.86. The summed E-state index contributed by atoms with van der Waals surface area (Å²) in [6.07, 6.45) is 6.88. The van der Waals surface area contributed by atoms with E-state index in [-0.39, 0.29) is 0 Å². The topological polar surface area (TPSA) is 37.0 Å². The van der Waals surface area contributed by atoms with Crippen LogP contribution in [0.15, 0.2) is 6.07 Å². The fourth-order valence-corrected chi connectivity index (χ4v) is 3.90. The van der Waals surface area contributed by atoms with E-state index in [0.717, 1.165) is 18.8 Å². The van der Waals surface area contributed by atoms with E-state index in [1.807, 2.05) is 11.8 Å². The van der Waals surface area contributed by atoms with Gasteiger partial charge < -0.3 is 10.6 Å². The summed E-state index contributed by atoms with van der Waals surface area (Å²) in [6.45, 7) is 2.96. The lowest BCUT2D eigenvalue weighted by Gasteiger charge is -2.21. The Morgan fingerprint density at radius 2 is 2.05 bits per heavy atom. The summed E-state index contributed by atoms with van der Waals surface area (Å²) in [5.41, 5.74) is 0. The second-order valence-corrected chi connectivity index (χ2v) is 6.92. The number of halogens is 2. The van der Waals surface area contributed by atoms with Gasteiger partial charge >= 0.3 is 0 Å². The highest BCUT2D eigenvalue weighted by molar-refractivity contribution is 7.99. The van der Waals surface area contributed by atoms with Crippen LogP contribution in [0.25, 0.3) is 0 Å². The van der Waals surface area contributed by atoms with Gasteiger partial charge in [-0.3, -0.25) is 0 Å². The van der Waals surface area contributed by atoms with E-state index < -0.39 is 0 Å². The molecule has 1 aromatic heterocycles. The molecule has 1 aliphatic rings. The van der Waals surface area contributed by atoms with Crippen LogP contribution in [-0.2, 0) is 0 Å². The van der Waals surface area contributed by atoms with Crippen molar-refractivity contribution in [3.8, 4) is 0 Å². The summed E-state index contributed by atoms with van der Waals surface area (Å²) in [6, 6.07) is 2.20. The van der Waals surface area contributed by atoms with Crippen LogP contribution in [0.3, 0.4) is 0 Å². The molecule has 0 bridgehead atoms. The normalized spacial score (nSPS) is 22.0. The van der Waals surface area contributed by atoms with Crippen LogP contribution < -0.4 is 10.6 Å². The molecule has 0 radical (unpaired) electrons. The molecule has 2 rings (SSSR count). The Kier molecular flexibility index (Phi) is 6.12. The summed E-state index contributed by atoms with van der Waals surface area (Å²) >= 11 is 14.3. The predicted molar refractivity (Wildman–Crippen MR) is 91.6 cm³/mol. The van der Waals surface area contributed by atoms with Crippen LogP contribution in [0, 0.1) is 0 Å². The predicted octanol–water partition coefficient (Wildman–Crippen LogP) is 4.91. The number of aromatic nitrogens is 1. The highest BCUT2D eigenvalue weighted by Crippen LogP contribution is 2.34. The molecule has 1 aromatic rings. The van der Waals surface area contributed by atoms with E-state index in [4.69, 9.17) is 23.2 Å². The molecule has 1 aliphatic carbocycles. The van der Waals surface area contributed by atoms with E-state index in [2.05, 4.69) is 28.8 Å². The van der Waals surface area contributed by atoms with E-state index in [1.165, 1.54) is 19.3 Å². The SMILES string of the molecule is CCCNc1nc(NC2CCCC2SC)c(Cl)cc1Cl. The molecule has 2 N–H and O–H groups in total. The lowest BCUT2D eigenvalue weighted by atomic mass is 10.2. The zero-order valence-corrected chi connectivity index (χ0v) is 14.2. The van der Waals surface area contributed by atoms with Crippen molar-refractivity contribution in [1.29, 1.82) is 0 Å². The molecule has 2 atom stereocenters. The third-order valence-electron chi connectivity index (χ3n) is 3.55. The Balaban J connectivity index is 2.14. The second-order valence-electron chi connectivity index (χ2n) is 5.03. The van der Waals surface area contributed by atoms with Gasteiger partial charge in [-0.05, 0) is 31.6 Å². The third-order valence-corrected chi connectivity index (χ3v) is 5.30. The summed E-state index contributed by atoms with van der Waals surface area (Å²) < 4.78 is 0. The number of pyridine rings is 1. The van der Waals surface area contributed by atoms with Crippen molar-refractivity contribution in [3.05, 3.63) is 16.1 Å². The fourth-order valence-electron chi connectivity index (χ4n) is 2.48. The number of hydrogen-bond acceptors (Lipinski definition) is 4. The maximum Gasteiger partial charge on any atom is 0.147 e. The highest BCUT2D eigenvalue weighted by atomic mass is 35.5. The molecule has 1 fully saturated rings. The first kappa shape index (κ1) is 16.1. The lowest BCUT2D eigenvalue weighted by Crippen LogP contribution is -2.26. The van der Waals surface area contributed by atoms with Crippen LogP contribution in [0.2, 0.25) is 10.0 Å². The Hall–Kier alpha value is -0.320. The molecule has 0 aromatic carbocycles. The van der Waals surface area contributed by atoms with Gasteiger partial charge in [0.15, 0.2) is 0 Å². The van der Waals surface area contributed by atoms with Crippen molar-refractivity contribution in [2.75, 3.05) is 23.4 Å². The number of anilines is 2. The molecule has 0 spiro atoms. The van der Waals surface area contributed by atoms with Crippen molar-refractivity contribution in [2.24, 2.45) is 0 Å². The Bertz CT molecular complexity index is 456. The first-order valence-corrected chi connectivity index (χ1v) is 9.09. The summed E-state index contributed by atoms with van der Waals surface area (Å²) in [5, 5.41) is 8.52. The molecular formula is C14H21Cl2N3S. The van der Waals surface area contributed by atoms with Gasteiger partial charge in [0.05, 0.1) is 10.0 Å². The van der Waals surface area contributed by atoms with E-state index in [1.54, 1.807) is 6.07 Å². The van der Waals surface area contributed by atoms with Gasteiger partial charge in [-0.15, -0.1) is 0 Å². The molecule has 2 unspecified atom stereocenters. The second kappa shape index (κ2) is 7.62. The minimum atomic E-state index is 0.440. The Morgan fingerprint density at radius 1 is 1.30 bits per heavy atom. The molecule has 1 saturated carbocycles. The minimum Gasteiger partial charge on any atom is -0.369 e. The fraction of sp³-hybridized carbons (Fsp3) is 0.643. The molecular weight excluding hydrogens is 313 g/mol. The van der Waals surface area contributed by atoms with E-state index >= 15 is 0 Å². The molecule has 6 heteroatoms. The monoisotopic (exact) mass is 333 g/mol. The quantitative estimate of drug-likeness (QED) is 0.775. The summed E-state index contributed by atoms with van der Waals surface area (Å²) in [7, 11) is 0. The molecule has 20 heavy (non-hydrogen) atoms. The molecule has 0 amide bonds. The van der Waals surface area contributed by atoms with Gasteiger partial charge in [0, 0.05) is 17.8 Å². The van der Waals surface area contributed by atoms with Crippen molar-refractivity contribution in [2.45, 2.75) is 43.9 Å². The molecule has 0 aliphatic heterocycles. The van der Waals surface area contributed by atoms with Gasteiger partial charge in [-0.2, -0.15) is 11.8 Å². The zero-order valence-electron chi connectivity index (χ0n) is 11.9. The standard InChI is InChI=1S/C14H21Cl2N3S/c1-3-7-17-13-9(15)8-10(16)14(19-13)18-11-5-4-6-12(11)20-2/h8,11-12H,3-7H2,1-2H3,(H2,17,18,19). The van der Waals surface area contributed by atoms with Crippen molar-refractivity contribution in [1.82, 2.24) is 4.98 Å². The molecule has 0 saturated heterocycles. The van der Waals surface area contributed by atoms with Gasteiger partial charge in [-0.1, -0.05) is 36.5 Å². The van der Waals surface area contributed by atoms with Gasteiger partial charge in [0.25, 0.3) is 0 Å². The van der Waals surface area contributed by atoms with Gasteiger partial charge in [0.2, 0.25) is 0 Å². The van der Waals surface area contributed by atoms with Gasteiger partial charge in [0.1, 0.15) is 11.6 Å². The Labute approximate surface area is 135 Å². The minimum absolute atomic E-state index is 0.440. The van der Waals surface area contributed by atoms with Crippen LogP contribution in [0.4, 0.5) is 11.6 Å². The zero-order chi connectivity index (χ0) is 14.5. The van der Waals surface area contributed by atoms with E-state index in [0.29, 0.717) is 27.2 Å². The molecule has 1 heterocycles. The van der Waals surface area contributed by atoms with Crippen molar-refractivity contribution < 1.29 is 0 Å². The Morgan fingerprint density at radius 3 is 2.75 bits per heavy atom. The summed E-state index contributed by atoms with van der Waals surface area (Å²) in [5.74, 6) is 1.44. The number of nitrogens with zero attached hydrogens (tertiary/aromatic N) is 1. The van der Waals surface area contributed by atoms with E-state index in [9.17, 15) is 0 Å². The number of thioether (sulfide) groups is 1. The number of hydrogen-bond donors (Lipinski definition) is 2. The molecule has 3 nitrogen and oxygen atoms in total. The maximum absolute atomic E-state index is 6.26. The van der Waals surface area contributed by atoms with Crippen LogP contribution >= 0.6 is 35.0 Å². The summed E-state index contributed by atoms with van der Waals surface area (Å²) in [4.78, 5) is 4.55. The largest absolute Gasteiger partial charge is 0.369 e. The van der Waals surface area contributed by atoms with Gasteiger partial charge in [-0.25, -0.2) is 4.98 Å². The number of rotatable bonds is 6. The number of nitrogens with one attached hydrogen (secondary N) is 2. The van der Waals surface area contributed by atoms with Crippen LogP contribution in [0.5, 0.6) is 0 Å². The average molecular weight is 334 g/mol. The first-order valence-electron chi connectivity index (χ1n) is 7.05. The first-order chi connectivity index (χ1) is 9.65. The smallest absolute Gasteiger partial charge is 0.147 e. The average Bonchev–Trinajstić information content (AvgIpc) is 2.87.